The number of carbonyl (C=O) groups is 1. The molecule has 4 nitrogen and oxygen atoms in total. The molecule has 0 N–H and O–H groups in total. The van der Waals surface area contributed by atoms with Crippen LogP contribution in [0.1, 0.15) is 38.3 Å². The minimum Gasteiger partial charge on any atom is -0.444 e. The molecule has 2 aliphatic rings. The van der Waals surface area contributed by atoms with Crippen molar-refractivity contribution in [3.05, 3.63) is 35.9 Å². The average molecular weight is 354 g/mol. The quantitative estimate of drug-likeness (QED) is 0.774. The van der Waals surface area contributed by atoms with E-state index >= 15 is 0 Å². The fraction of sp³-hybridized carbons (Fsp3) is 0.562. The molecule has 5 heteroatoms. The number of hydrogen-bond acceptors (Lipinski definition) is 3. The predicted molar refractivity (Wildman–Crippen MR) is 83.3 cm³/mol. The van der Waals surface area contributed by atoms with Crippen molar-refractivity contribution in [2.75, 3.05) is 6.61 Å². The standard InChI is InChI=1S/C16H20BrNO3/c1-3-7-13-16(2,17)14-18(15(19)21-13)12(10-20-14)11-8-5-4-6-9-11/h4-6,8-9,12-14H,3,7,10H2,1-2H3/t12-,13-,14+,16-/m0/s1. The highest BCUT2D eigenvalue weighted by Gasteiger charge is 2.56. The number of fused-ring (bicyclic) bond motifs is 1. The van der Waals surface area contributed by atoms with Gasteiger partial charge in [-0.1, -0.05) is 59.6 Å². The third kappa shape index (κ3) is 2.46. The maximum atomic E-state index is 12.4. The third-order valence-corrected chi connectivity index (χ3v) is 5.20. The van der Waals surface area contributed by atoms with Crippen molar-refractivity contribution in [1.29, 1.82) is 0 Å². The molecule has 1 aromatic carbocycles. The summed E-state index contributed by atoms with van der Waals surface area (Å²) >= 11 is 3.75. The number of cyclic esters (lactones) is 1. The highest BCUT2D eigenvalue weighted by atomic mass is 79.9. The summed E-state index contributed by atoms with van der Waals surface area (Å²) < 4.78 is 11.2. The Morgan fingerprint density at radius 2 is 2.10 bits per heavy atom. The lowest BCUT2D eigenvalue weighted by molar-refractivity contribution is -0.0833. The van der Waals surface area contributed by atoms with Gasteiger partial charge in [-0.3, -0.25) is 4.90 Å². The van der Waals surface area contributed by atoms with E-state index in [0.717, 1.165) is 18.4 Å². The van der Waals surface area contributed by atoms with Crippen molar-refractivity contribution in [3.63, 3.8) is 0 Å². The maximum absolute atomic E-state index is 12.4. The molecule has 2 fully saturated rings. The molecule has 0 spiro atoms. The number of hydrogen-bond donors (Lipinski definition) is 0. The molecule has 0 aromatic heterocycles. The molecule has 3 rings (SSSR count). The normalized spacial score (nSPS) is 35.5. The lowest BCUT2D eigenvalue weighted by Crippen LogP contribution is -2.60. The average Bonchev–Trinajstić information content (AvgIpc) is 2.92. The van der Waals surface area contributed by atoms with E-state index in [1.165, 1.54) is 0 Å². The highest BCUT2D eigenvalue weighted by Crippen LogP contribution is 2.45. The van der Waals surface area contributed by atoms with Gasteiger partial charge < -0.3 is 9.47 Å². The molecule has 2 aliphatic heterocycles. The van der Waals surface area contributed by atoms with Gasteiger partial charge in [-0.25, -0.2) is 4.79 Å². The predicted octanol–water partition coefficient (Wildman–Crippen LogP) is 3.86. The number of alkyl halides is 1. The van der Waals surface area contributed by atoms with Crippen molar-refractivity contribution >= 4 is 22.0 Å². The van der Waals surface area contributed by atoms with E-state index in [1.54, 1.807) is 4.90 Å². The second-order valence-electron chi connectivity index (χ2n) is 5.83. The van der Waals surface area contributed by atoms with Crippen molar-refractivity contribution in [3.8, 4) is 0 Å². The fourth-order valence-electron chi connectivity index (χ4n) is 3.16. The van der Waals surface area contributed by atoms with Gasteiger partial charge in [0.1, 0.15) is 10.4 Å². The number of rotatable bonds is 3. The summed E-state index contributed by atoms with van der Waals surface area (Å²) in [4.78, 5) is 14.2. The number of benzene rings is 1. The Balaban J connectivity index is 1.89. The van der Waals surface area contributed by atoms with Crippen LogP contribution >= 0.6 is 15.9 Å². The van der Waals surface area contributed by atoms with Crippen LogP contribution in [0.5, 0.6) is 0 Å². The fourth-order valence-corrected chi connectivity index (χ4v) is 3.83. The van der Waals surface area contributed by atoms with Gasteiger partial charge in [-0.15, -0.1) is 0 Å². The molecule has 0 saturated carbocycles. The zero-order valence-corrected chi connectivity index (χ0v) is 13.9. The summed E-state index contributed by atoms with van der Waals surface area (Å²) in [6.45, 7) is 4.64. The summed E-state index contributed by atoms with van der Waals surface area (Å²) in [5.74, 6) is 0. The third-order valence-electron chi connectivity index (χ3n) is 4.30. The molecular formula is C16H20BrNO3. The first-order chi connectivity index (χ1) is 10.1. The maximum Gasteiger partial charge on any atom is 0.412 e. The van der Waals surface area contributed by atoms with Gasteiger partial charge >= 0.3 is 6.09 Å². The Morgan fingerprint density at radius 1 is 1.38 bits per heavy atom. The largest absolute Gasteiger partial charge is 0.444 e. The number of amides is 1. The summed E-state index contributed by atoms with van der Waals surface area (Å²) in [7, 11) is 0. The zero-order chi connectivity index (χ0) is 15.0. The van der Waals surface area contributed by atoms with E-state index < -0.39 is 0 Å². The molecule has 114 valence electrons. The van der Waals surface area contributed by atoms with Crippen LogP contribution in [0.2, 0.25) is 0 Å². The first-order valence-electron chi connectivity index (χ1n) is 7.40. The first-order valence-corrected chi connectivity index (χ1v) is 8.19. The van der Waals surface area contributed by atoms with Crippen LogP contribution in [-0.2, 0) is 9.47 Å². The van der Waals surface area contributed by atoms with Crippen LogP contribution in [0.4, 0.5) is 4.79 Å². The van der Waals surface area contributed by atoms with Gasteiger partial charge in [-0.2, -0.15) is 0 Å². The first kappa shape index (κ1) is 14.9. The van der Waals surface area contributed by atoms with Gasteiger partial charge in [0.05, 0.1) is 12.6 Å². The summed E-state index contributed by atoms with van der Waals surface area (Å²) in [6, 6.07) is 9.89. The Kier molecular flexibility index (Phi) is 3.97. The lowest BCUT2D eigenvalue weighted by atomic mass is 9.95. The van der Waals surface area contributed by atoms with Gasteiger partial charge in [0.25, 0.3) is 0 Å². The van der Waals surface area contributed by atoms with Crippen LogP contribution in [0.25, 0.3) is 0 Å². The molecule has 1 amide bonds. The van der Waals surface area contributed by atoms with Crippen molar-refractivity contribution < 1.29 is 14.3 Å². The van der Waals surface area contributed by atoms with Crippen LogP contribution in [0, 0.1) is 0 Å². The second-order valence-corrected chi connectivity index (χ2v) is 7.54. The molecule has 4 atom stereocenters. The van der Waals surface area contributed by atoms with Crippen molar-refractivity contribution in [2.45, 2.75) is 49.4 Å². The van der Waals surface area contributed by atoms with Gasteiger partial charge in [0.2, 0.25) is 0 Å². The van der Waals surface area contributed by atoms with E-state index in [9.17, 15) is 4.79 Å². The van der Waals surface area contributed by atoms with E-state index in [-0.39, 0.29) is 28.8 Å². The van der Waals surface area contributed by atoms with Gasteiger partial charge in [0.15, 0.2) is 6.23 Å². The minimum absolute atomic E-state index is 0.0804. The van der Waals surface area contributed by atoms with Gasteiger partial charge in [-0.05, 0) is 18.9 Å². The van der Waals surface area contributed by atoms with Crippen LogP contribution < -0.4 is 0 Å². The van der Waals surface area contributed by atoms with Crippen LogP contribution in [-0.4, -0.2) is 34.3 Å². The lowest BCUT2D eigenvalue weighted by Gasteiger charge is -2.45. The Hall–Kier alpha value is -1.07. The topological polar surface area (TPSA) is 38.8 Å². The smallest absolute Gasteiger partial charge is 0.412 e. The zero-order valence-electron chi connectivity index (χ0n) is 12.3. The Bertz CT molecular complexity index is 520. The Morgan fingerprint density at radius 3 is 2.76 bits per heavy atom. The van der Waals surface area contributed by atoms with Crippen molar-refractivity contribution in [1.82, 2.24) is 4.90 Å². The highest BCUT2D eigenvalue weighted by molar-refractivity contribution is 9.10. The molecule has 2 heterocycles. The number of carbonyl (C=O) groups excluding carboxylic acids is 1. The minimum atomic E-state index is -0.388. The number of halogens is 1. The van der Waals surface area contributed by atoms with Crippen LogP contribution in [0.15, 0.2) is 30.3 Å². The molecule has 1 aromatic rings. The van der Waals surface area contributed by atoms with Crippen LogP contribution in [0.3, 0.4) is 0 Å². The van der Waals surface area contributed by atoms with E-state index in [2.05, 4.69) is 22.9 Å². The summed E-state index contributed by atoms with van der Waals surface area (Å²) in [5, 5.41) is 0. The monoisotopic (exact) mass is 353 g/mol. The molecule has 0 radical (unpaired) electrons. The van der Waals surface area contributed by atoms with E-state index in [0.29, 0.717) is 6.61 Å². The molecular weight excluding hydrogens is 334 g/mol. The molecule has 21 heavy (non-hydrogen) atoms. The van der Waals surface area contributed by atoms with E-state index in [4.69, 9.17) is 9.47 Å². The molecule has 0 aliphatic carbocycles. The molecule has 0 bridgehead atoms. The summed E-state index contributed by atoms with van der Waals surface area (Å²) in [6.07, 6.45) is 1.07. The SMILES string of the molecule is CCC[C@@H]1OC(=O)N2[C@H](c3ccccc3)CO[C@@H]2[C@@]1(C)Br. The summed E-state index contributed by atoms with van der Waals surface area (Å²) in [5.41, 5.74) is 1.08. The second kappa shape index (κ2) is 5.61. The van der Waals surface area contributed by atoms with Gasteiger partial charge in [0, 0.05) is 0 Å². The number of nitrogens with zero attached hydrogens (tertiary/aromatic N) is 1. The van der Waals surface area contributed by atoms with Crippen molar-refractivity contribution in [2.24, 2.45) is 0 Å². The molecule has 0 unspecified atom stereocenters. The Labute approximate surface area is 133 Å². The molecule has 2 saturated heterocycles. The van der Waals surface area contributed by atoms with E-state index in [1.807, 2.05) is 37.3 Å². The number of ether oxygens (including phenoxy) is 2.